The van der Waals surface area contributed by atoms with Crippen molar-refractivity contribution in [3.05, 3.63) is 58.6 Å². The Balaban J connectivity index is 1.47. The zero-order chi connectivity index (χ0) is 21.3. The number of ether oxygens (including phenoxy) is 2. The number of fused-ring (bicyclic) bond motifs is 1. The third kappa shape index (κ3) is 3.78. The molecule has 156 valence electrons. The lowest BCUT2D eigenvalue weighted by atomic mass is 9.93. The van der Waals surface area contributed by atoms with E-state index in [0.717, 1.165) is 5.56 Å². The molecule has 4 amide bonds. The summed E-state index contributed by atoms with van der Waals surface area (Å²) in [7, 11) is 0. The van der Waals surface area contributed by atoms with Gasteiger partial charge in [-0.25, -0.2) is 4.79 Å². The highest BCUT2D eigenvalue weighted by molar-refractivity contribution is 6.32. The molecule has 2 N–H and O–H groups in total. The van der Waals surface area contributed by atoms with E-state index in [-0.39, 0.29) is 10.6 Å². The summed E-state index contributed by atoms with van der Waals surface area (Å²) < 4.78 is 10.9. The van der Waals surface area contributed by atoms with E-state index in [1.807, 2.05) is 30.3 Å². The average Bonchev–Trinajstić information content (AvgIpc) is 2.96. The molecular weight excluding hydrogens is 410 g/mol. The number of nitrogens with one attached hydrogen (secondary N) is 2. The van der Waals surface area contributed by atoms with Gasteiger partial charge in [-0.05, 0) is 37.5 Å². The molecule has 1 atom stereocenters. The van der Waals surface area contributed by atoms with Crippen LogP contribution in [0.1, 0.15) is 29.3 Å². The van der Waals surface area contributed by atoms with Crippen molar-refractivity contribution in [2.45, 2.75) is 25.3 Å². The molecule has 2 aromatic rings. The Morgan fingerprint density at radius 2 is 1.93 bits per heavy atom. The molecule has 0 bridgehead atoms. The second-order valence-electron chi connectivity index (χ2n) is 7.31. The fraction of sp³-hybridized carbons (Fsp3) is 0.286. The lowest BCUT2D eigenvalue weighted by Gasteiger charge is -2.22. The number of hydrogen-bond donors (Lipinski definition) is 2. The van der Waals surface area contributed by atoms with Crippen molar-refractivity contribution < 1.29 is 23.9 Å². The number of imide groups is 1. The van der Waals surface area contributed by atoms with Crippen LogP contribution in [0, 0.1) is 0 Å². The number of urea groups is 1. The highest BCUT2D eigenvalue weighted by Crippen LogP contribution is 2.38. The summed E-state index contributed by atoms with van der Waals surface area (Å²) in [4.78, 5) is 37.9. The molecule has 1 fully saturated rings. The molecule has 4 rings (SSSR count). The minimum absolute atomic E-state index is 0.141. The Morgan fingerprint density at radius 1 is 1.20 bits per heavy atom. The number of amides is 4. The zero-order valence-electron chi connectivity index (χ0n) is 16.2. The number of hydrazine groups is 1. The molecule has 2 heterocycles. The predicted octanol–water partition coefficient (Wildman–Crippen LogP) is 2.70. The molecule has 2 aromatic carbocycles. The summed E-state index contributed by atoms with van der Waals surface area (Å²) in [6.07, 6.45) is 0.993. The second-order valence-corrected chi connectivity index (χ2v) is 7.72. The van der Waals surface area contributed by atoms with Gasteiger partial charge in [0.15, 0.2) is 11.5 Å². The molecule has 9 heteroatoms. The van der Waals surface area contributed by atoms with Crippen LogP contribution >= 0.6 is 11.6 Å². The number of hydrogen-bond acceptors (Lipinski definition) is 5. The summed E-state index contributed by atoms with van der Waals surface area (Å²) >= 11 is 6.17. The molecule has 0 spiro atoms. The minimum atomic E-state index is -1.12. The Hall–Kier alpha value is -3.26. The lowest BCUT2D eigenvalue weighted by Crippen LogP contribution is -2.49. The summed E-state index contributed by atoms with van der Waals surface area (Å²) in [5, 5.41) is 3.59. The van der Waals surface area contributed by atoms with Crippen molar-refractivity contribution in [3.8, 4) is 11.5 Å². The number of rotatable bonds is 5. The molecular formula is C21H20ClN3O5. The van der Waals surface area contributed by atoms with Crippen molar-refractivity contribution in [2.75, 3.05) is 13.2 Å². The number of halogens is 1. The predicted molar refractivity (Wildman–Crippen MR) is 108 cm³/mol. The van der Waals surface area contributed by atoms with Gasteiger partial charge < -0.3 is 14.8 Å². The van der Waals surface area contributed by atoms with E-state index >= 15 is 0 Å². The number of carbonyl (C=O) groups excluding carboxylic acids is 3. The first-order chi connectivity index (χ1) is 14.4. The van der Waals surface area contributed by atoms with Crippen molar-refractivity contribution in [2.24, 2.45) is 0 Å². The molecule has 8 nitrogen and oxygen atoms in total. The first-order valence-corrected chi connectivity index (χ1v) is 9.86. The first kappa shape index (κ1) is 20.0. The van der Waals surface area contributed by atoms with Gasteiger partial charge in [0.05, 0.1) is 5.02 Å². The van der Waals surface area contributed by atoms with Crippen LogP contribution in [0.4, 0.5) is 4.79 Å². The summed E-state index contributed by atoms with van der Waals surface area (Å²) in [5.41, 5.74) is 2.43. The molecule has 0 aromatic heterocycles. The van der Waals surface area contributed by atoms with Crippen LogP contribution in [-0.2, 0) is 11.2 Å². The quantitative estimate of drug-likeness (QED) is 0.712. The molecule has 0 unspecified atom stereocenters. The molecule has 2 aliphatic heterocycles. The minimum Gasteiger partial charge on any atom is -0.486 e. The Bertz CT molecular complexity index is 1010. The van der Waals surface area contributed by atoms with Crippen molar-refractivity contribution in [1.29, 1.82) is 0 Å². The SMILES string of the molecule is C[C@]1(CCc2ccccc2)NC(=O)N(NC(=O)c2cc(Cl)c3c(c2)OCCO3)C1=O. The van der Waals surface area contributed by atoms with Gasteiger partial charge in [-0.15, -0.1) is 0 Å². The fourth-order valence-electron chi connectivity index (χ4n) is 3.40. The van der Waals surface area contributed by atoms with Crippen LogP contribution < -0.4 is 20.2 Å². The topological polar surface area (TPSA) is 97.0 Å². The van der Waals surface area contributed by atoms with Crippen LogP contribution in [-0.4, -0.2) is 41.6 Å². The summed E-state index contributed by atoms with van der Waals surface area (Å²) in [6, 6.07) is 11.8. The summed E-state index contributed by atoms with van der Waals surface area (Å²) in [6.45, 7) is 2.34. The average molecular weight is 430 g/mol. The Labute approximate surface area is 178 Å². The Kier molecular flexibility index (Phi) is 5.26. The van der Waals surface area contributed by atoms with Crippen LogP contribution in [0.15, 0.2) is 42.5 Å². The van der Waals surface area contributed by atoms with Gasteiger partial charge in [-0.2, -0.15) is 5.01 Å². The van der Waals surface area contributed by atoms with Crippen LogP contribution in [0.5, 0.6) is 11.5 Å². The van der Waals surface area contributed by atoms with Gasteiger partial charge in [0.1, 0.15) is 18.8 Å². The smallest absolute Gasteiger partial charge is 0.344 e. The maximum Gasteiger partial charge on any atom is 0.344 e. The van der Waals surface area contributed by atoms with E-state index in [0.29, 0.717) is 42.6 Å². The zero-order valence-corrected chi connectivity index (χ0v) is 17.0. The summed E-state index contributed by atoms with van der Waals surface area (Å²) in [5.74, 6) is -0.489. The van der Waals surface area contributed by atoms with E-state index < -0.39 is 23.4 Å². The molecule has 0 saturated carbocycles. The number of aryl methyl sites for hydroxylation is 1. The van der Waals surface area contributed by atoms with Crippen LogP contribution in [0.3, 0.4) is 0 Å². The van der Waals surface area contributed by atoms with Gasteiger partial charge in [0.25, 0.3) is 11.8 Å². The second kappa shape index (κ2) is 7.87. The van der Waals surface area contributed by atoms with Crippen LogP contribution in [0.2, 0.25) is 5.02 Å². The first-order valence-electron chi connectivity index (χ1n) is 9.48. The van der Waals surface area contributed by atoms with Crippen LogP contribution in [0.25, 0.3) is 0 Å². The molecule has 1 saturated heterocycles. The molecule has 30 heavy (non-hydrogen) atoms. The highest BCUT2D eigenvalue weighted by atomic mass is 35.5. The van der Waals surface area contributed by atoms with E-state index in [2.05, 4.69) is 10.7 Å². The van der Waals surface area contributed by atoms with E-state index in [1.165, 1.54) is 12.1 Å². The Morgan fingerprint density at radius 3 is 2.70 bits per heavy atom. The maximum absolute atomic E-state index is 12.9. The highest BCUT2D eigenvalue weighted by Gasteiger charge is 2.48. The van der Waals surface area contributed by atoms with E-state index in [9.17, 15) is 14.4 Å². The van der Waals surface area contributed by atoms with Gasteiger partial charge >= 0.3 is 6.03 Å². The van der Waals surface area contributed by atoms with Gasteiger partial charge in [0.2, 0.25) is 0 Å². The molecule has 0 aliphatic carbocycles. The monoisotopic (exact) mass is 429 g/mol. The third-order valence-corrected chi connectivity index (χ3v) is 5.37. The number of nitrogens with zero attached hydrogens (tertiary/aromatic N) is 1. The molecule has 2 aliphatic rings. The maximum atomic E-state index is 12.9. The normalized spacial score (nSPS) is 20.1. The third-order valence-electron chi connectivity index (χ3n) is 5.09. The van der Waals surface area contributed by atoms with Crippen molar-refractivity contribution >= 4 is 29.4 Å². The molecule has 0 radical (unpaired) electrons. The van der Waals surface area contributed by atoms with Crippen molar-refractivity contribution in [1.82, 2.24) is 15.8 Å². The van der Waals surface area contributed by atoms with E-state index in [4.69, 9.17) is 21.1 Å². The van der Waals surface area contributed by atoms with Gasteiger partial charge in [-0.3, -0.25) is 15.0 Å². The van der Waals surface area contributed by atoms with E-state index in [1.54, 1.807) is 6.92 Å². The fourth-order valence-corrected chi connectivity index (χ4v) is 3.67. The largest absolute Gasteiger partial charge is 0.486 e. The van der Waals surface area contributed by atoms with Gasteiger partial charge in [0, 0.05) is 5.56 Å². The standard InChI is InChI=1S/C21H20ClN3O5/c1-21(8-7-13-5-3-2-4-6-13)19(27)25(20(28)23-21)24-18(26)14-11-15(22)17-16(12-14)29-9-10-30-17/h2-6,11-12H,7-10H2,1H3,(H,23,28)(H,24,26)/t21-/m1/s1. The van der Waals surface area contributed by atoms with Gasteiger partial charge in [-0.1, -0.05) is 41.9 Å². The van der Waals surface area contributed by atoms with Crippen molar-refractivity contribution in [3.63, 3.8) is 0 Å². The number of carbonyl (C=O) groups is 3. The number of benzene rings is 2. The lowest BCUT2D eigenvalue weighted by molar-refractivity contribution is -0.132.